The third kappa shape index (κ3) is 3.65. The highest BCUT2D eigenvalue weighted by molar-refractivity contribution is 5.70. The van der Waals surface area contributed by atoms with Crippen molar-refractivity contribution < 1.29 is 9.53 Å². The van der Waals surface area contributed by atoms with Gasteiger partial charge in [-0.2, -0.15) is 5.26 Å². The van der Waals surface area contributed by atoms with Crippen molar-refractivity contribution in [2.45, 2.75) is 12.8 Å². The number of carbonyl (C=O) groups excluding carboxylic acids is 1. The molecule has 0 aliphatic carbocycles. The zero-order valence-electron chi connectivity index (χ0n) is 8.27. The van der Waals surface area contributed by atoms with Gasteiger partial charge in [-0.3, -0.25) is 4.79 Å². The monoisotopic (exact) mass is 201 g/mol. The van der Waals surface area contributed by atoms with Gasteiger partial charge in [0.15, 0.2) is 0 Å². The van der Waals surface area contributed by atoms with Gasteiger partial charge in [-0.25, -0.2) is 0 Å². The van der Waals surface area contributed by atoms with E-state index >= 15 is 0 Å². The van der Waals surface area contributed by atoms with Gasteiger partial charge in [0, 0.05) is 6.42 Å². The van der Waals surface area contributed by atoms with Crippen molar-refractivity contribution in [1.82, 2.24) is 0 Å². The number of aryl methyl sites for hydroxylation is 1. The molecule has 1 aromatic carbocycles. The quantitative estimate of drug-likeness (QED) is 0.554. The number of benzene rings is 1. The summed E-state index contributed by atoms with van der Waals surface area (Å²) in [5, 5.41) is 8.58. The first kappa shape index (κ1) is 11.0. The third-order valence-corrected chi connectivity index (χ3v) is 1.92. The van der Waals surface area contributed by atoms with E-state index in [1.165, 1.54) is 0 Å². The highest BCUT2D eigenvalue weighted by atomic mass is 16.5. The molecule has 0 spiro atoms. The molecular formula is C12H11NO2. The van der Waals surface area contributed by atoms with Crippen molar-refractivity contribution in [3.8, 4) is 6.07 Å². The predicted octanol–water partition coefficient (Wildman–Crippen LogP) is 2.18. The molecule has 0 unspecified atom stereocenters. The number of esters is 1. The van der Waals surface area contributed by atoms with E-state index in [0.717, 1.165) is 11.8 Å². The van der Waals surface area contributed by atoms with Gasteiger partial charge in [0.1, 0.15) is 0 Å². The summed E-state index contributed by atoms with van der Waals surface area (Å²) < 4.78 is 4.58. The van der Waals surface area contributed by atoms with E-state index in [1.54, 1.807) is 12.1 Å². The summed E-state index contributed by atoms with van der Waals surface area (Å²) in [6, 6.07) is 9.16. The molecule has 15 heavy (non-hydrogen) atoms. The summed E-state index contributed by atoms with van der Waals surface area (Å²) in [7, 11) is 0. The van der Waals surface area contributed by atoms with E-state index < -0.39 is 0 Å². The number of nitrogens with zero attached hydrogens (tertiary/aromatic N) is 1. The van der Waals surface area contributed by atoms with Crippen LogP contribution in [0.5, 0.6) is 0 Å². The van der Waals surface area contributed by atoms with Gasteiger partial charge >= 0.3 is 5.97 Å². The second kappa shape index (κ2) is 5.61. The minimum Gasteiger partial charge on any atom is -0.435 e. The average Bonchev–Trinajstić information content (AvgIpc) is 2.27. The Morgan fingerprint density at radius 3 is 2.67 bits per heavy atom. The summed E-state index contributed by atoms with van der Waals surface area (Å²) in [5.74, 6) is -0.297. The molecule has 0 saturated heterocycles. The average molecular weight is 201 g/mol. The summed E-state index contributed by atoms with van der Waals surface area (Å²) in [4.78, 5) is 11.0. The highest BCUT2D eigenvalue weighted by Crippen LogP contribution is 2.06. The van der Waals surface area contributed by atoms with E-state index in [0.29, 0.717) is 18.4 Å². The lowest BCUT2D eigenvalue weighted by atomic mass is 10.1. The maximum atomic E-state index is 11.0. The Morgan fingerprint density at radius 2 is 2.13 bits per heavy atom. The molecule has 0 aliphatic heterocycles. The molecule has 1 rings (SSSR count). The molecule has 0 radical (unpaired) electrons. The lowest BCUT2D eigenvalue weighted by molar-refractivity contribution is -0.137. The molecule has 0 aromatic heterocycles. The molecule has 0 heterocycles. The Kier molecular flexibility index (Phi) is 4.11. The minimum absolute atomic E-state index is 0.297. The molecule has 3 nitrogen and oxygen atoms in total. The van der Waals surface area contributed by atoms with Crippen molar-refractivity contribution in [1.29, 1.82) is 5.26 Å². The maximum Gasteiger partial charge on any atom is 0.310 e. The number of rotatable bonds is 4. The zero-order valence-corrected chi connectivity index (χ0v) is 8.27. The summed E-state index contributed by atoms with van der Waals surface area (Å²) in [6.07, 6.45) is 2.05. The fourth-order valence-corrected chi connectivity index (χ4v) is 1.14. The second-order valence-electron chi connectivity index (χ2n) is 2.97. The first-order chi connectivity index (χ1) is 7.26. The number of carbonyl (C=O) groups is 1. The van der Waals surface area contributed by atoms with Crippen molar-refractivity contribution >= 4 is 5.97 Å². The van der Waals surface area contributed by atoms with Crippen molar-refractivity contribution in [2.75, 3.05) is 0 Å². The standard InChI is InChI=1S/C12H11NO2/c1-2-15-12(14)8-7-10-3-5-11(9-13)6-4-10/h2-6H,1,7-8H2. The molecular weight excluding hydrogens is 190 g/mol. The molecule has 3 heteroatoms. The van der Waals surface area contributed by atoms with Crippen molar-refractivity contribution in [3.05, 3.63) is 48.2 Å². The molecule has 0 fully saturated rings. The Hall–Kier alpha value is -2.08. The van der Waals surface area contributed by atoms with Crippen LogP contribution in [0.1, 0.15) is 17.5 Å². The summed E-state index contributed by atoms with van der Waals surface area (Å²) >= 11 is 0. The molecule has 0 saturated carbocycles. The number of hydrogen-bond acceptors (Lipinski definition) is 3. The molecule has 0 atom stereocenters. The Labute approximate surface area is 88.6 Å². The Balaban J connectivity index is 2.48. The van der Waals surface area contributed by atoms with Crippen LogP contribution in [0.15, 0.2) is 37.1 Å². The van der Waals surface area contributed by atoms with Gasteiger partial charge in [0.05, 0.1) is 17.9 Å². The van der Waals surface area contributed by atoms with E-state index in [1.807, 2.05) is 18.2 Å². The van der Waals surface area contributed by atoms with Crippen LogP contribution in [-0.2, 0) is 16.0 Å². The molecule has 0 bridgehead atoms. The van der Waals surface area contributed by atoms with E-state index in [2.05, 4.69) is 11.3 Å². The van der Waals surface area contributed by atoms with Crippen LogP contribution in [0.2, 0.25) is 0 Å². The molecule has 0 N–H and O–H groups in total. The largest absolute Gasteiger partial charge is 0.435 e. The second-order valence-corrected chi connectivity index (χ2v) is 2.97. The highest BCUT2D eigenvalue weighted by Gasteiger charge is 2.01. The van der Waals surface area contributed by atoms with Crippen LogP contribution in [0.4, 0.5) is 0 Å². The Bertz CT molecular complexity index is 387. The number of nitriles is 1. The van der Waals surface area contributed by atoms with Crippen molar-refractivity contribution in [2.24, 2.45) is 0 Å². The lowest BCUT2D eigenvalue weighted by Crippen LogP contribution is -2.01. The Morgan fingerprint density at radius 1 is 1.47 bits per heavy atom. The van der Waals surface area contributed by atoms with Crippen LogP contribution in [0, 0.1) is 11.3 Å². The van der Waals surface area contributed by atoms with Crippen molar-refractivity contribution in [3.63, 3.8) is 0 Å². The smallest absolute Gasteiger partial charge is 0.310 e. The van der Waals surface area contributed by atoms with E-state index in [-0.39, 0.29) is 5.97 Å². The number of ether oxygens (including phenoxy) is 1. The van der Waals surface area contributed by atoms with Gasteiger partial charge in [0.25, 0.3) is 0 Å². The van der Waals surface area contributed by atoms with E-state index in [4.69, 9.17) is 5.26 Å². The van der Waals surface area contributed by atoms with E-state index in [9.17, 15) is 4.79 Å². The fraction of sp³-hybridized carbons (Fsp3) is 0.167. The van der Waals surface area contributed by atoms with Gasteiger partial charge in [-0.05, 0) is 24.1 Å². The van der Waals surface area contributed by atoms with Crippen LogP contribution >= 0.6 is 0 Å². The summed E-state index contributed by atoms with van der Waals surface area (Å²) in [5.41, 5.74) is 1.63. The normalized spacial score (nSPS) is 9.00. The third-order valence-electron chi connectivity index (χ3n) is 1.92. The van der Waals surface area contributed by atoms with Gasteiger partial charge in [0.2, 0.25) is 0 Å². The zero-order chi connectivity index (χ0) is 11.1. The molecule has 0 aliphatic rings. The van der Waals surface area contributed by atoms with Gasteiger partial charge in [-0.15, -0.1) is 0 Å². The predicted molar refractivity (Wildman–Crippen MR) is 55.8 cm³/mol. The van der Waals surface area contributed by atoms with Gasteiger partial charge in [-0.1, -0.05) is 18.7 Å². The SMILES string of the molecule is C=COC(=O)CCc1ccc(C#N)cc1. The maximum absolute atomic E-state index is 11.0. The lowest BCUT2D eigenvalue weighted by Gasteiger charge is -2.00. The summed E-state index contributed by atoms with van der Waals surface area (Å²) in [6.45, 7) is 3.30. The molecule has 1 aromatic rings. The van der Waals surface area contributed by atoms with Crippen LogP contribution in [-0.4, -0.2) is 5.97 Å². The first-order valence-corrected chi connectivity index (χ1v) is 4.55. The molecule has 0 amide bonds. The first-order valence-electron chi connectivity index (χ1n) is 4.55. The van der Waals surface area contributed by atoms with Crippen LogP contribution < -0.4 is 0 Å². The minimum atomic E-state index is -0.297. The van der Waals surface area contributed by atoms with Gasteiger partial charge < -0.3 is 4.74 Å². The van der Waals surface area contributed by atoms with Crippen LogP contribution in [0.3, 0.4) is 0 Å². The molecule has 76 valence electrons. The topological polar surface area (TPSA) is 50.1 Å². The fourth-order valence-electron chi connectivity index (χ4n) is 1.14. The van der Waals surface area contributed by atoms with Crippen LogP contribution in [0.25, 0.3) is 0 Å². The number of hydrogen-bond donors (Lipinski definition) is 0.